The minimum atomic E-state index is -4.87. The van der Waals surface area contributed by atoms with Crippen LogP contribution in [-0.4, -0.2) is 37.7 Å². The number of piperazine rings is 1. The SMILES string of the molecule is FC(F)(F)c1cc(COCC2(N3CCNCC3)CCc3ccccc32)cc(C(F)(F)F)c1. The second-order valence-corrected chi connectivity index (χ2v) is 8.33. The van der Waals surface area contributed by atoms with Gasteiger partial charge in [0.05, 0.1) is 29.9 Å². The maximum absolute atomic E-state index is 13.2. The van der Waals surface area contributed by atoms with E-state index in [4.69, 9.17) is 4.74 Å². The van der Waals surface area contributed by atoms with Crippen molar-refractivity contribution in [1.29, 1.82) is 0 Å². The molecular formula is C23H24F6N2O. The summed E-state index contributed by atoms with van der Waals surface area (Å²) in [7, 11) is 0. The number of alkyl halides is 6. The van der Waals surface area contributed by atoms with Gasteiger partial charge in [-0.3, -0.25) is 4.90 Å². The number of nitrogens with one attached hydrogen (secondary N) is 1. The highest BCUT2D eigenvalue weighted by molar-refractivity contribution is 5.39. The predicted octanol–water partition coefficient (Wildman–Crippen LogP) is 4.99. The predicted molar refractivity (Wildman–Crippen MR) is 107 cm³/mol. The average molecular weight is 458 g/mol. The molecule has 1 N–H and O–H groups in total. The molecule has 32 heavy (non-hydrogen) atoms. The third-order valence-corrected chi connectivity index (χ3v) is 6.31. The quantitative estimate of drug-likeness (QED) is 0.640. The smallest absolute Gasteiger partial charge is 0.374 e. The average Bonchev–Trinajstić information content (AvgIpc) is 3.13. The number of aryl methyl sites for hydroxylation is 1. The van der Waals surface area contributed by atoms with Crippen LogP contribution in [0.15, 0.2) is 42.5 Å². The second-order valence-electron chi connectivity index (χ2n) is 8.33. The van der Waals surface area contributed by atoms with E-state index in [1.807, 2.05) is 18.2 Å². The molecular weight excluding hydrogens is 434 g/mol. The first kappa shape index (κ1) is 23.1. The summed E-state index contributed by atoms with van der Waals surface area (Å²) in [6, 6.07) is 9.61. The Morgan fingerprint density at radius 1 is 0.906 bits per heavy atom. The van der Waals surface area contributed by atoms with Crippen LogP contribution in [0.1, 0.15) is 34.2 Å². The summed E-state index contributed by atoms with van der Waals surface area (Å²) in [5.74, 6) is 0. The molecule has 1 atom stereocenters. The van der Waals surface area contributed by atoms with Crippen LogP contribution in [0.25, 0.3) is 0 Å². The first-order valence-corrected chi connectivity index (χ1v) is 10.5. The number of halogens is 6. The van der Waals surface area contributed by atoms with Crippen LogP contribution in [0.2, 0.25) is 0 Å². The molecule has 0 radical (unpaired) electrons. The van der Waals surface area contributed by atoms with Crippen LogP contribution in [0.5, 0.6) is 0 Å². The van der Waals surface area contributed by atoms with Crippen molar-refractivity contribution < 1.29 is 31.1 Å². The molecule has 1 fully saturated rings. The molecule has 9 heteroatoms. The maximum atomic E-state index is 13.2. The Balaban J connectivity index is 1.58. The van der Waals surface area contributed by atoms with Crippen LogP contribution in [0.3, 0.4) is 0 Å². The summed E-state index contributed by atoms with van der Waals surface area (Å²) in [5, 5.41) is 3.31. The van der Waals surface area contributed by atoms with E-state index in [0.29, 0.717) is 0 Å². The topological polar surface area (TPSA) is 24.5 Å². The van der Waals surface area contributed by atoms with Gasteiger partial charge >= 0.3 is 12.4 Å². The van der Waals surface area contributed by atoms with Gasteiger partial charge in [-0.2, -0.15) is 26.3 Å². The van der Waals surface area contributed by atoms with E-state index < -0.39 is 29.0 Å². The molecule has 0 bridgehead atoms. The van der Waals surface area contributed by atoms with Crippen LogP contribution in [-0.2, 0) is 35.7 Å². The van der Waals surface area contributed by atoms with Gasteiger partial charge in [0.15, 0.2) is 0 Å². The van der Waals surface area contributed by atoms with Crippen LogP contribution in [0.4, 0.5) is 26.3 Å². The first-order valence-electron chi connectivity index (χ1n) is 10.5. The van der Waals surface area contributed by atoms with Gasteiger partial charge < -0.3 is 10.1 Å². The molecule has 2 aliphatic rings. The Labute approximate surface area is 182 Å². The van der Waals surface area contributed by atoms with Gasteiger partial charge in [-0.05, 0) is 47.7 Å². The number of benzene rings is 2. The van der Waals surface area contributed by atoms with Crippen molar-refractivity contribution >= 4 is 0 Å². The summed E-state index contributed by atoms with van der Waals surface area (Å²) >= 11 is 0. The van der Waals surface area contributed by atoms with Crippen molar-refractivity contribution in [2.24, 2.45) is 0 Å². The molecule has 0 aromatic heterocycles. The number of hydrogen-bond donors (Lipinski definition) is 1. The van der Waals surface area contributed by atoms with Crippen molar-refractivity contribution in [2.75, 3.05) is 32.8 Å². The standard InChI is InChI=1S/C23H24F6N2O/c24-22(25,26)18-11-16(12-19(13-18)23(27,28)29)14-32-15-21(31-9-7-30-8-10-31)6-5-17-3-1-2-4-20(17)21/h1-4,11-13,30H,5-10,14-15H2. The monoisotopic (exact) mass is 458 g/mol. The summed E-state index contributed by atoms with van der Waals surface area (Å²) in [6.45, 7) is 3.07. The highest BCUT2D eigenvalue weighted by Crippen LogP contribution is 2.42. The van der Waals surface area contributed by atoms with Crippen molar-refractivity contribution in [1.82, 2.24) is 10.2 Å². The lowest BCUT2D eigenvalue weighted by Crippen LogP contribution is -2.55. The summed E-state index contributed by atoms with van der Waals surface area (Å²) < 4.78 is 84.8. The van der Waals surface area contributed by atoms with Gasteiger partial charge in [-0.15, -0.1) is 0 Å². The van der Waals surface area contributed by atoms with Crippen LogP contribution < -0.4 is 5.32 Å². The highest BCUT2D eigenvalue weighted by Gasteiger charge is 2.44. The summed E-state index contributed by atoms with van der Waals surface area (Å²) in [5.41, 5.74) is -0.903. The van der Waals surface area contributed by atoms with Crippen molar-refractivity contribution in [2.45, 2.75) is 37.3 Å². The molecule has 1 aliphatic heterocycles. The Hall–Kier alpha value is -2.10. The lowest BCUT2D eigenvalue weighted by Gasteiger charge is -2.44. The first-order chi connectivity index (χ1) is 15.1. The molecule has 1 saturated heterocycles. The Kier molecular flexibility index (Phi) is 6.26. The molecule has 0 saturated carbocycles. The van der Waals surface area contributed by atoms with E-state index in [1.54, 1.807) is 0 Å². The molecule has 2 aromatic rings. The van der Waals surface area contributed by atoms with E-state index in [9.17, 15) is 26.3 Å². The van der Waals surface area contributed by atoms with E-state index in [2.05, 4.69) is 16.3 Å². The summed E-state index contributed by atoms with van der Waals surface area (Å²) in [4.78, 5) is 2.32. The largest absolute Gasteiger partial charge is 0.416 e. The highest BCUT2D eigenvalue weighted by atomic mass is 19.4. The zero-order valence-corrected chi connectivity index (χ0v) is 17.3. The molecule has 1 aliphatic carbocycles. The lowest BCUT2D eigenvalue weighted by molar-refractivity contribution is -0.143. The van der Waals surface area contributed by atoms with Crippen LogP contribution >= 0.6 is 0 Å². The number of fused-ring (bicyclic) bond motifs is 1. The van der Waals surface area contributed by atoms with E-state index in [1.165, 1.54) is 5.56 Å². The van der Waals surface area contributed by atoms with Crippen LogP contribution in [0, 0.1) is 0 Å². The van der Waals surface area contributed by atoms with E-state index >= 15 is 0 Å². The Morgan fingerprint density at radius 3 is 2.16 bits per heavy atom. The minimum Gasteiger partial charge on any atom is -0.374 e. The normalized spacial score (nSPS) is 22.2. The fourth-order valence-electron chi connectivity index (χ4n) is 4.77. The number of nitrogens with zero attached hydrogens (tertiary/aromatic N) is 1. The fraction of sp³-hybridized carbons (Fsp3) is 0.478. The fourth-order valence-corrected chi connectivity index (χ4v) is 4.77. The second kappa shape index (κ2) is 8.68. The number of ether oxygens (including phenoxy) is 1. The van der Waals surface area contributed by atoms with E-state index in [0.717, 1.165) is 56.7 Å². The lowest BCUT2D eigenvalue weighted by atomic mass is 9.89. The molecule has 0 spiro atoms. The van der Waals surface area contributed by atoms with E-state index in [-0.39, 0.29) is 24.8 Å². The minimum absolute atomic E-state index is 0.138. The van der Waals surface area contributed by atoms with Gasteiger partial charge in [-0.25, -0.2) is 0 Å². The van der Waals surface area contributed by atoms with Crippen molar-refractivity contribution in [3.8, 4) is 0 Å². The molecule has 1 unspecified atom stereocenters. The number of hydrogen-bond acceptors (Lipinski definition) is 3. The van der Waals surface area contributed by atoms with Gasteiger partial charge in [-0.1, -0.05) is 24.3 Å². The molecule has 3 nitrogen and oxygen atoms in total. The molecule has 0 amide bonds. The molecule has 2 aromatic carbocycles. The van der Waals surface area contributed by atoms with Gasteiger partial charge in [0, 0.05) is 26.2 Å². The Morgan fingerprint density at radius 2 is 1.53 bits per heavy atom. The molecule has 174 valence electrons. The third-order valence-electron chi connectivity index (χ3n) is 6.31. The van der Waals surface area contributed by atoms with Crippen molar-refractivity contribution in [3.63, 3.8) is 0 Å². The van der Waals surface area contributed by atoms with Gasteiger partial charge in [0.1, 0.15) is 0 Å². The zero-order valence-electron chi connectivity index (χ0n) is 17.3. The maximum Gasteiger partial charge on any atom is 0.416 e. The van der Waals surface area contributed by atoms with Crippen molar-refractivity contribution in [3.05, 3.63) is 70.3 Å². The number of rotatable bonds is 5. The van der Waals surface area contributed by atoms with Gasteiger partial charge in [0.25, 0.3) is 0 Å². The Bertz CT molecular complexity index is 920. The van der Waals surface area contributed by atoms with Gasteiger partial charge in [0.2, 0.25) is 0 Å². The molecule has 4 rings (SSSR count). The third kappa shape index (κ3) is 4.65. The summed E-state index contributed by atoms with van der Waals surface area (Å²) in [6.07, 6.45) is -8.10. The molecule has 1 heterocycles. The zero-order chi connectivity index (χ0) is 23.0.